The molecule has 2 aromatic carbocycles. The van der Waals surface area contributed by atoms with Gasteiger partial charge in [0.2, 0.25) is 17.5 Å². The fraction of sp³-hybridized carbons (Fsp3) is 0.500. The molecule has 5 fully saturated rings. The summed E-state index contributed by atoms with van der Waals surface area (Å²) in [4.78, 5) is 68.4. The van der Waals surface area contributed by atoms with Crippen molar-refractivity contribution in [3.05, 3.63) is 93.4 Å². The summed E-state index contributed by atoms with van der Waals surface area (Å²) in [5.41, 5.74) is 3.43. The zero-order valence-corrected chi connectivity index (χ0v) is 32.8. The minimum absolute atomic E-state index is 0.111. The maximum absolute atomic E-state index is 13.7. The Labute approximate surface area is 338 Å². The van der Waals surface area contributed by atoms with Gasteiger partial charge in [0.25, 0.3) is 11.8 Å². The number of rotatable bonds is 9. The second kappa shape index (κ2) is 15.8. The van der Waals surface area contributed by atoms with E-state index in [0.717, 1.165) is 99.8 Å². The Morgan fingerprint density at radius 1 is 0.877 bits per heavy atom. The quantitative estimate of drug-likeness (QED) is 0.195. The fourth-order valence-corrected chi connectivity index (χ4v) is 10.6. The molecule has 4 amide bonds. The lowest BCUT2D eigenvalue weighted by Crippen LogP contribution is -2.54. The first kappa shape index (κ1) is 37.7. The highest BCUT2D eigenvalue weighted by atomic mass is 35.5. The Morgan fingerprint density at radius 2 is 1.65 bits per heavy atom. The summed E-state index contributed by atoms with van der Waals surface area (Å²) < 4.78 is 6.34. The lowest BCUT2D eigenvalue weighted by atomic mass is 9.76. The van der Waals surface area contributed by atoms with Crippen molar-refractivity contribution in [2.24, 2.45) is 5.92 Å². The number of benzene rings is 2. The number of carbonyl (C=O) groups excluding carboxylic acids is 4. The molecule has 5 aliphatic heterocycles. The Balaban J connectivity index is 0.731. The van der Waals surface area contributed by atoms with Gasteiger partial charge in [-0.25, -0.2) is 9.83 Å². The SMILES string of the molecule is [C-]#[N+]c1ccc(OC2CC3CCC(C2)N3Cc2ccc(N3CCN(CC4CCC(c5cccc6c5C(=O)N(C5CCC(=O)NC5=O)C6=O)CC4)CC3)nc2)cc1Cl. The summed E-state index contributed by atoms with van der Waals surface area (Å²) in [6, 6.07) is 15.3. The van der Waals surface area contributed by atoms with Crippen LogP contribution >= 0.6 is 11.6 Å². The van der Waals surface area contributed by atoms with Gasteiger partial charge in [-0.15, -0.1) is 0 Å². The summed E-state index contributed by atoms with van der Waals surface area (Å²) in [7, 11) is 0. The molecule has 4 saturated heterocycles. The van der Waals surface area contributed by atoms with Gasteiger partial charge < -0.3 is 9.64 Å². The van der Waals surface area contributed by atoms with E-state index in [1.807, 2.05) is 18.2 Å². The number of fused-ring (bicyclic) bond motifs is 3. The van der Waals surface area contributed by atoms with E-state index in [1.54, 1.807) is 18.2 Å². The maximum Gasteiger partial charge on any atom is 0.262 e. The summed E-state index contributed by atoms with van der Waals surface area (Å²) in [6.07, 6.45) is 10.9. The Hall–Kier alpha value is -4.83. The first-order valence-electron chi connectivity index (χ1n) is 20.6. The largest absolute Gasteiger partial charge is 0.490 e. The van der Waals surface area contributed by atoms with E-state index in [4.69, 9.17) is 27.9 Å². The van der Waals surface area contributed by atoms with Gasteiger partial charge in [-0.1, -0.05) is 35.9 Å². The van der Waals surface area contributed by atoms with Crippen molar-refractivity contribution < 1.29 is 23.9 Å². The highest BCUT2D eigenvalue weighted by Crippen LogP contribution is 2.42. The van der Waals surface area contributed by atoms with Gasteiger partial charge in [-0.3, -0.25) is 39.2 Å². The second-order valence-corrected chi connectivity index (χ2v) is 17.1. The van der Waals surface area contributed by atoms with Gasteiger partial charge in [0, 0.05) is 64.0 Å². The molecule has 1 aromatic heterocycles. The summed E-state index contributed by atoms with van der Waals surface area (Å²) in [5, 5.41) is 2.72. The number of amides is 4. The van der Waals surface area contributed by atoms with E-state index >= 15 is 0 Å². The molecule has 296 valence electrons. The summed E-state index contributed by atoms with van der Waals surface area (Å²) in [6.45, 7) is 13.1. The van der Waals surface area contributed by atoms with Gasteiger partial charge in [-0.05, 0) is 105 Å². The van der Waals surface area contributed by atoms with Crippen LogP contribution in [0.1, 0.15) is 102 Å². The monoisotopic (exact) mass is 789 g/mol. The van der Waals surface area contributed by atoms with E-state index in [2.05, 4.69) is 43.2 Å². The number of anilines is 1. The molecule has 1 aliphatic carbocycles. The fourth-order valence-electron chi connectivity index (χ4n) is 10.4. The average Bonchev–Trinajstić information content (AvgIpc) is 3.60. The predicted molar refractivity (Wildman–Crippen MR) is 214 cm³/mol. The second-order valence-electron chi connectivity index (χ2n) is 16.7. The Bertz CT molecular complexity index is 2090. The van der Waals surface area contributed by atoms with Crippen molar-refractivity contribution in [1.29, 1.82) is 0 Å². The molecule has 0 radical (unpaired) electrons. The molecule has 3 atom stereocenters. The number of piperidine rings is 2. The number of nitrogens with one attached hydrogen (secondary N) is 1. The topological polar surface area (TPSA) is 120 Å². The highest BCUT2D eigenvalue weighted by molar-refractivity contribution is 6.33. The van der Waals surface area contributed by atoms with Gasteiger partial charge in [0.15, 0.2) is 0 Å². The van der Waals surface area contributed by atoms with Crippen LogP contribution in [0.15, 0.2) is 54.7 Å². The molecule has 0 spiro atoms. The highest BCUT2D eigenvalue weighted by Gasteiger charge is 2.46. The zero-order chi connectivity index (χ0) is 39.2. The third-order valence-corrected chi connectivity index (χ3v) is 13.7. The van der Waals surface area contributed by atoms with Gasteiger partial charge in [-0.2, -0.15) is 0 Å². The maximum atomic E-state index is 13.7. The van der Waals surface area contributed by atoms with Crippen LogP contribution in [0, 0.1) is 12.5 Å². The van der Waals surface area contributed by atoms with E-state index in [9.17, 15) is 19.2 Å². The number of hydrogen-bond acceptors (Lipinski definition) is 9. The minimum Gasteiger partial charge on any atom is -0.490 e. The Kier molecular flexibility index (Phi) is 10.5. The molecule has 57 heavy (non-hydrogen) atoms. The normalized spacial score (nSPS) is 28.0. The molecule has 1 N–H and O–H groups in total. The number of aromatic nitrogens is 1. The third-order valence-electron chi connectivity index (χ3n) is 13.4. The molecule has 6 aliphatic rings. The lowest BCUT2D eigenvalue weighted by Gasteiger charge is -2.39. The van der Waals surface area contributed by atoms with Crippen molar-refractivity contribution >= 4 is 46.7 Å². The summed E-state index contributed by atoms with van der Waals surface area (Å²) in [5.74, 6) is 0.753. The smallest absolute Gasteiger partial charge is 0.262 e. The number of halogens is 1. The number of imide groups is 2. The van der Waals surface area contributed by atoms with Crippen LogP contribution in [-0.2, 0) is 16.1 Å². The molecule has 3 unspecified atom stereocenters. The van der Waals surface area contributed by atoms with Crippen LogP contribution in [0.5, 0.6) is 5.75 Å². The lowest BCUT2D eigenvalue weighted by molar-refractivity contribution is -0.136. The van der Waals surface area contributed by atoms with Gasteiger partial charge in [0.1, 0.15) is 23.7 Å². The predicted octanol–water partition coefficient (Wildman–Crippen LogP) is 6.36. The van der Waals surface area contributed by atoms with Crippen molar-refractivity contribution in [1.82, 2.24) is 25.0 Å². The van der Waals surface area contributed by atoms with Crippen molar-refractivity contribution in [2.75, 3.05) is 37.6 Å². The number of ether oxygens (including phenoxy) is 1. The van der Waals surface area contributed by atoms with Crippen LogP contribution < -0.4 is 15.0 Å². The van der Waals surface area contributed by atoms with Crippen LogP contribution in [0.4, 0.5) is 11.5 Å². The zero-order valence-electron chi connectivity index (χ0n) is 32.1. The van der Waals surface area contributed by atoms with Crippen LogP contribution in [0.2, 0.25) is 5.02 Å². The first-order valence-corrected chi connectivity index (χ1v) is 21.0. The molecule has 1 saturated carbocycles. The number of piperazine rings is 1. The molecule has 6 heterocycles. The molecule has 13 heteroatoms. The molecular weight excluding hydrogens is 742 g/mol. The molecule has 2 bridgehead atoms. The van der Waals surface area contributed by atoms with E-state index in [0.29, 0.717) is 39.8 Å². The van der Waals surface area contributed by atoms with Crippen molar-refractivity contribution in [3.8, 4) is 5.75 Å². The first-order chi connectivity index (χ1) is 27.7. The standard InChI is InChI=1S/C44H48ClN7O5/c1-46-37-13-12-32(23-36(37)45)57-33-21-30-10-11-31(22-33)51(30)26-28-7-15-39(47-24-28)50-19-17-49(18-20-50)25-27-5-8-29(9-6-27)34-3-2-4-35-41(34)44(56)52(43(35)55)38-14-16-40(53)48-42(38)54/h2-4,7,12-13,15,23-24,27,29-31,33,38H,5-6,8-11,14,16-22,25-26H2,(H,48,53,54). The molecule has 9 rings (SSSR count). The van der Waals surface area contributed by atoms with Crippen LogP contribution in [0.25, 0.3) is 4.85 Å². The number of hydrogen-bond donors (Lipinski definition) is 1. The molecule has 3 aromatic rings. The van der Waals surface area contributed by atoms with Crippen LogP contribution in [0.3, 0.4) is 0 Å². The Morgan fingerprint density at radius 3 is 2.33 bits per heavy atom. The van der Waals surface area contributed by atoms with E-state index < -0.39 is 23.8 Å². The van der Waals surface area contributed by atoms with Gasteiger partial charge >= 0.3 is 0 Å². The number of nitrogens with zero attached hydrogens (tertiary/aromatic N) is 6. The summed E-state index contributed by atoms with van der Waals surface area (Å²) >= 11 is 6.25. The van der Waals surface area contributed by atoms with Crippen molar-refractivity contribution in [3.63, 3.8) is 0 Å². The number of pyridine rings is 1. The van der Waals surface area contributed by atoms with Crippen LogP contribution in [-0.4, -0.2) is 100 Å². The van der Waals surface area contributed by atoms with Crippen molar-refractivity contribution in [2.45, 2.75) is 101 Å². The third kappa shape index (κ3) is 7.53. The number of carbonyl (C=O) groups is 4. The molecule has 12 nitrogen and oxygen atoms in total. The van der Waals surface area contributed by atoms with Gasteiger partial charge in [0.05, 0.1) is 22.7 Å². The minimum atomic E-state index is -0.949. The average molecular weight is 790 g/mol. The van der Waals surface area contributed by atoms with E-state index in [1.165, 1.54) is 18.4 Å². The van der Waals surface area contributed by atoms with E-state index in [-0.39, 0.29) is 30.8 Å². The molecular formula is C44H48ClN7O5.